The number of fused-ring (bicyclic) bond motifs is 1. The van der Waals surface area contributed by atoms with Gasteiger partial charge in [-0.1, -0.05) is 38.1 Å². The van der Waals surface area contributed by atoms with E-state index >= 15 is 0 Å². The van der Waals surface area contributed by atoms with Crippen LogP contribution in [0.25, 0.3) is 0 Å². The highest BCUT2D eigenvalue weighted by Crippen LogP contribution is 2.41. The van der Waals surface area contributed by atoms with E-state index in [-0.39, 0.29) is 30.1 Å². The Balaban J connectivity index is 1.53. The van der Waals surface area contributed by atoms with E-state index in [1.165, 1.54) is 29.5 Å². The van der Waals surface area contributed by atoms with Gasteiger partial charge in [0.25, 0.3) is 0 Å². The van der Waals surface area contributed by atoms with Crippen molar-refractivity contribution in [1.82, 2.24) is 14.6 Å². The molecule has 1 amide bonds. The van der Waals surface area contributed by atoms with Crippen molar-refractivity contribution in [3.63, 3.8) is 0 Å². The van der Waals surface area contributed by atoms with Crippen LogP contribution >= 0.6 is 0 Å². The molecule has 2 aliphatic rings. The summed E-state index contributed by atoms with van der Waals surface area (Å²) in [5.74, 6) is -0.915. The molecular weight excluding hydrogens is 469 g/mol. The minimum atomic E-state index is -4.77. The van der Waals surface area contributed by atoms with E-state index in [0.29, 0.717) is 10.6 Å². The Bertz CT molecular complexity index is 1180. The summed E-state index contributed by atoms with van der Waals surface area (Å²) in [4.78, 5) is 17.3. The SMILES string of the molecule is CC1(C)c2ccccc2C[C@@H]1Nc1ccc([C@H](N2CC[C@H](NS(C)(=O)=O)C2=O)C(F)(F)F)nc1. The number of carbonyl (C=O) groups is 1. The zero-order valence-corrected chi connectivity index (χ0v) is 19.9. The molecule has 184 valence electrons. The molecule has 0 radical (unpaired) electrons. The van der Waals surface area contributed by atoms with E-state index in [9.17, 15) is 26.4 Å². The molecule has 34 heavy (non-hydrogen) atoms. The Morgan fingerprint density at radius 3 is 2.47 bits per heavy atom. The first-order valence-corrected chi connectivity index (χ1v) is 12.8. The van der Waals surface area contributed by atoms with Gasteiger partial charge in [-0.3, -0.25) is 9.78 Å². The molecule has 0 bridgehead atoms. The van der Waals surface area contributed by atoms with Gasteiger partial charge in [0.05, 0.1) is 23.8 Å². The van der Waals surface area contributed by atoms with Crippen LogP contribution in [0.3, 0.4) is 0 Å². The number of hydrogen-bond acceptors (Lipinski definition) is 5. The Hall–Kier alpha value is -2.66. The van der Waals surface area contributed by atoms with Gasteiger partial charge in [0, 0.05) is 18.0 Å². The van der Waals surface area contributed by atoms with Gasteiger partial charge < -0.3 is 10.2 Å². The van der Waals surface area contributed by atoms with Gasteiger partial charge in [-0.25, -0.2) is 13.1 Å². The first-order chi connectivity index (χ1) is 15.8. The third-order valence-electron chi connectivity index (χ3n) is 6.63. The Kier molecular flexibility index (Phi) is 6.14. The molecule has 11 heteroatoms. The molecular formula is C23H27F3N4O3S. The molecule has 1 fully saturated rings. The van der Waals surface area contributed by atoms with E-state index in [0.717, 1.165) is 12.7 Å². The first kappa shape index (κ1) is 24.5. The summed E-state index contributed by atoms with van der Waals surface area (Å²) in [6.07, 6.45) is -1.82. The molecule has 1 aromatic carbocycles. The number of aromatic nitrogens is 1. The monoisotopic (exact) mass is 496 g/mol. The average Bonchev–Trinajstić information content (AvgIpc) is 3.19. The van der Waals surface area contributed by atoms with Crippen molar-refractivity contribution in [2.45, 2.75) is 56.4 Å². The van der Waals surface area contributed by atoms with Crippen LogP contribution in [0, 0.1) is 0 Å². The Labute approximate surface area is 196 Å². The molecule has 1 saturated heterocycles. The summed E-state index contributed by atoms with van der Waals surface area (Å²) in [6.45, 7) is 4.02. The number of halogens is 3. The topological polar surface area (TPSA) is 91.4 Å². The van der Waals surface area contributed by atoms with Crippen LogP contribution < -0.4 is 10.0 Å². The lowest BCUT2D eigenvalue weighted by molar-refractivity contribution is -0.190. The van der Waals surface area contributed by atoms with E-state index in [1.54, 1.807) is 0 Å². The summed E-state index contributed by atoms with van der Waals surface area (Å²) in [5, 5.41) is 3.39. The van der Waals surface area contributed by atoms with Crippen LogP contribution in [-0.4, -0.2) is 55.3 Å². The number of pyridine rings is 1. The van der Waals surface area contributed by atoms with Crippen LogP contribution in [0.5, 0.6) is 0 Å². The van der Waals surface area contributed by atoms with Crippen molar-refractivity contribution < 1.29 is 26.4 Å². The van der Waals surface area contributed by atoms with Crippen molar-refractivity contribution in [3.05, 3.63) is 59.4 Å². The molecule has 2 heterocycles. The minimum Gasteiger partial charge on any atom is -0.380 e. The predicted molar refractivity (Wildman–Crippen MR) is 122 cm³/mol. The third-order valence-corrected chi connectivity index (χ3v) is 7.34. The van der Waals surface area contributed by atoms with Crippen molar-refractivity contribution in [3.8, 4) is 0 Å². The zero-order chi connectivity index (χ0) is 24.9. The number of alkyl halides is 3. The van der Waals surface area contributed by atoms with Gasteiger partial charge in [-0.15, -0.1) is 0 Å². The number of benzene rings is 1. The number of carbonyl (C=O) groups excluding carboxylic acids is 1. The van der Waals surface area contributed by atoms with E-state index in [1.807, 2.05) is 12.1 Å². The molecule has 0 saturated carbocycles. The van der Waals surface area contributed by atoms with Crippen molar-refractivity contribution >= 4 is 21.6 Å². The number of rotatable bonds is 6. The number of hydrogen-bond donors (Lipinski definition) is 2. The summed E-state index contributed by atoms with van der Waals surface area (Å²) < 4.78 is 67.0. The van der Waals surface area contributed by atoms with E-state index in [2.05, 4.69) is 41.0 Å². The number of likely N-dealkylation sites (tertiary alicyclic amines) is 1. The zero-order valence-electron chi connectivity index (χ0n) is 19.1. The quantitative estimate of drug-likeness (QED) is 0.641. The van der Waals surface area contributed by atoms with Gasteiger partial charge in [-0.2, -0.15) is 13.2 Å². The number of amides is 1. The van der Waals surface area contributed by atoms with Gasteiger partial charge in [0.15, 0.2) is 6.04 Å². The number of sulfonamides is 1. The molecule has 0 spiro atoms. The fraction of sp³-hybridized carbons (Fsp3) is 0.478. The highest BCUT2D eigenvalue weighted by Gasteiger charge is 2.51. The lowest BCUT2D eigenvalue weighted by Gasteiger charge is -2.31. The Morgan fingerprint density at radius 2 is 1.88 bits per heavy atom. The molecule has 4 rings (SSSR count). The van der Waals surface area contributed by atoms with E-state index < -0.39 is 34.2 Å². The third kappa shape index (κ3) is 4.76. The first-order valence-electron chi connectivity index (χ1n) is 10.9. The summed E-state index contributed by atoms with van der Waals surface area (Å²) in [5.41, 5.74) is 2.56. The molecule has 7 nitrogen and oxygen atoms in total. The van der Waals surface area contributed by atoms with Gasteiger partial charge >= 0.3 is 6.18 Å². The highest BCUT2D eigenvalue weighted by atomic mass is 32.2. The normalized spacial score (nSPS) is 23.1. The van der Waals surface area contributed by atoms with Gasteiger partial charge in [0.1, 0.15) is 6.04 Å². The molecule has 1 aliphatic carbocycles. The molecule has 3 atom stereocenters. The Morgan fingerprint density at radius 1 is 1.18 bits per heavy atom. The number of nitrogens with one attached hydrogen (secondary N) is 2. The van der Waals surface area contributed by atoms with Crippen molar-refractivity contribution in [2.75, 3.05) is 18.1 Å². The second-order valence-corrected chi connectivity index (χ2v) is 11.2. The van der Waals surface area contributed by atoms with Crippen LogP contribution in [0.1, 0.15) is 43.1 Å². The van der Waals surface area contributed by atoms with Crippen molar-refractivity contribution in [2.24, 2.45) is 0 Å². The van der Waals surface area contributed by atoms with E-state index in [4.69, 9.17) is 0 Å². The smallest absolute Gasteiger partial charge is 0.380 e. The maximum Gasteiger partial charge on any atom is 0.414 e. The van der Waals surface area contributed by atoms with Crippen molar-refractivity contribution in [1.29, 1.82) is 0 Å². The summed E-state index contributed by atoms with van der Waals surface area (Å²) in [7, 11) is -3.74. The highest BCUT2D eigenvalue weighted by molar-refractivity contribution is 7.88. The predicted octanol–water partition coefficient (Wildman–Crippen LogP) is 3.15. The lowest BCUT2D eigenvalue weighted by atomic mass is 9.83. The van der Waals surface area contributed by atoms with Crippen LogP contribution in [0.15, 0.2) is 42.6 Å². The molecule has 1 aliphatic heterocycles. The fourth-order valence-electron chi connectivity index (χ4n) is 4.90. The van der Waals surface area contributed by atoms with Crippen LogP contribution in [0.4, 0.5) is 18.9 Å². The minimum absolute atomic E-state index is 0.0407. The standard InChI is InChI=1S/C23H27F3N4O3S/c1-22(2)16-7-5-4-6-14(16)12-19(22)28-15-8-9-17(27-13-15)20(23(24,25)26)30-11-10-18(21(30)31)29-34(3,32)33/h4-9,13,18-20,28-29H,10-12H2,1-3H3/t18-,19-,20-/m0/s1. The largest absolute Gasteiger partial charge is 0.414 e. The lowest BCUT2D eigenvalue weighted by Crippen LogP contribution is -2.45. The maximum atomic E-state index is 14.0. The molecule has 2 aromatic rings. The number of anilines is 1. The second kappa shape index (κ2) is 8.53. The summed E-state index contributed by atoms with van der Waals surface area (Å²) in [6, 6.07) is 7.51. The maximum absolute atomic E-state index is 14.0. The van der Waals surface area contributed by atoms with Crippen LogP contribution in [0.2, 0.25) is 0 Å². The molecule has 2 N–H and O–H groups in total. The van der Waals surface area contributed by atoms with Gasteiger partial charge in [-0.05, 0) is 36.1 Å². The van der Waals surface area contributed by atoms with Gasteiger partial charge in [0.2, 0.25) is 15.9 Å². The molecule has 1 aromatic heterocycles. The molecule has 0 unspecified atom stereocenters. The average molecular weight is 497 g/mol. The number of nitrogens with zero attached hydrogens (tertiary/aromatic N) is 2. The second-order valence-electron chi connectivity index (χ2n) is 9.46. The fourth-order valence-corrected chi connectivity index (χ4v) is 5.64. The van der Waals surface area contributed by atoms with Crippen LogP contribution in [-0.2, 0) is 26.7 Å². The summed E-state index contributed by atoms with van der Waals surface area (Å²) >= 11 is 0.